The molecule has 2 unspecified atom stereocenters. The summed E-state index contributed by atoms with van der Waals surface area (Å²) in [5.41, 5.74) is 0.762. The van der Waals surface area contributed by atoms with E-state index in [-0.39, 0.29) is 11.8 Å². The van der Waals surface area contributed by atoms with Crippen LogP contribution in [0.5, 0.6) is 5.75 Å². The van der Waals surface area contributed by atoms with Crippen molar-refractivity contribution in [3.63, 3.8) is 0 Å². The normalized spacial score (nSPS) is 21.2. The average molecular weight is 303 g/mol. The molecule has 1 aliphatic rings. The van der Waals surface area contributed by atoms with Crippen LogP contribution in [0.25, 0.3) is 0 Å². The maximum absolute atomic E-state index is 12.1. The van der Waals surface area contributed by atoms with E-state index in [2.05, 4.69) is 4.74 Å². The van der Waals surface area contributed by atoms with Crippen molar-refractivity contribution in [3.8, 4) is 5.75 Å². The highest BCUT2D eigenvalue weighted by Gasteiger charge is 2.34. The Morgan fingerprint density at radius 3 is 2.52 bits per heavy atom. The number of carboxylic acid groups (broad SMARTS) is 1. The molecular weight excluding hydrogens is 287 g/mol. The summed E-state index contributed by atoms with van der Waals surface area (Å²) >= 11 is 0. The Bertz CT molecular complexity index is 501. The highest BCUT2D eigenvalue weighted by molar-refractivity contribution is 5.73. The van der Waals surface area contributed by atoms with E-state index < -0.39 is 18.4 Å². The van der Waals surface area contributed by atoms with Crippen LogP contribution in [0.3, 0.4) is 0 Å². The third kappa shape index (κ3) is 3.87. The second kappa shape index (κ2) is 5.93. The van der Waals surface area contributed by atoms with Gasteiger partial charge in [-0.3, -0.25) is 9.69 Å². The summed E-state index contributed by atoms with van der Waals surface area (Å²) in [6.45, 7) is 2.51. The van der Waals surface area contributed by atoms with E-state index in [0.717, 1.165) is 12.0 Å². The van der Waals surface area contributed by atoms with Crippen LogP contribution >= 0.6 is 0 Å². The Balaban J connectivity index is 2.09. The van der Waals surface area contributed by atoms with Crippen molar-refractivity contribution in [2.45, 2.75) is 38.2 Å². The number of alkyl halides is 3. The minimum atomic E-state index is -4.71. The lowest BCUT2D eigenvalue weighted by Crippen LogP contribution is -2.37. The van der Waals surface area contributed by atoms with E-state index in [4.69, 9.17) is 5.11 Å². The van der Waals surface area contributed by atoms with Crippen LogP contribution in [0, 0.1) is 0 Å². The largest absolute Gasteiger partial charge is 0.573 e. The van der Waals surface area contributed by atoms with E-state index in [1.807, 2.05) is 11.8 Å². The molecule has 2 atom stereocenters. The Hall–Kier alpha value is -1.76. The first-order valence-electron chi connectivity index (χ1n) is 6.62. The molecule has 2 rings (SSSR count). The Kier molecular flexibility index (Phi) is 4.41. The van der Waals surface area contributed by atoms with Gasteiger partial charge in [-0.2, -0.15) is 0 Å². The Morgan fingerprint density at radius 2 is 2.00 bits per heavy atom. The van der Waals surface area contributed by atoms with Crippen molar-refractivity contribution in [2.24, 2.45) is 0 Å². The molecule has 0 radical (unpaired) electrons. The molecule has 0 bridgehead atoms. The first-order valence-corrected chi connectivity index (χ1v) is 6.62. The zero-order valence-corrected chi connectivity index (χ0v) is 11.4. The number of halogens is 3. The molecule has 0 aliphatic carbocycles. The van der Waals surface area contributed by atoms with Gasteiger partial charge in [-0.25, -0.2) is 0 Å². The fourth-order valence-electron chi connectivity index (χ4n) is 2.66. The van der Waals surface area contributed by atoms with Crippen molar-refractivity contribution in [1.29, 1.82) is 0 Å². The van der Waals surface area contributed by atoms with Gasteiger partial charge in [0.2, 0.25) is 0 Å². The summed E-state index contributed by atoms with van der Waals surface area (Å²) in [6, 6.07) is 4.84. The highest BCUT2D eigenvalue weighted by atomic mass is 19.4. The lowest BCUT2D eigenvalue weighted by Gasteiger charge is -2.28. The molecule has 1 aliphatic heterocycles. The van der Waals surface area contributed by atoms with Crippen molar-refractivity contribution in [1.82, 2.24) is 4.90 Å². The molecule has 116 valence electrons. The smallest absolute Gasteiger partial charge is 0.480 e. The maximum atomic E-state index is 12.1. The summed E-state index contributed by atoms with van der Waals surface area (Å²) in [7, 11) is 0. The quantitative estimate of drug-likeness (QED) is 0.928. The molecule has 1 fully saturated rings. The van der Waals surface area contributed by atoms with Crippen LogP contribution in [0.2, 0.25) is 0 Å². The summed E-state index contributed by atoms with van der Waals surface area (Å²) in [5, 5.41) is 9.16. The molecule has 0 aromatic heterocycles. The fraction of sp³-hybridized carbons (Fsp3) is 0.500. The number of ether oxygens (including phenoxy) is 1. The monoisotopic (exact) mass is 303 g/mol. The summed E-state index contributed by atoms with van der Waals surface area (Å²) in [6.07, 6.45) is -3.32. The number of rotatable bonds is 4. The van der Waals surface area contributed by atoms with Crippen LogP contribution in [0.15, 0.2) is 24.3 Å². The van der Waals surface area contributed by atoms with Gasteiger partial charge in [0.15, 0.2) is 0 Å². The van der Waals surface area contributed by atoms with Crippen LogP contribution in [-0.4, -0.2) is 34.9 Å². The first-order chi connectivity index (χ1) is 9.78. The van der Waals surface area contributed by atoms with Crippen molar-refractivity contribution >= 4 is 5.97 Å². The highest BCUT2D eigenvalue weighted by Crippen LogP contribution is 2.31. The lowest BCUT2D eigenvalue weighted by molar-refractivity contribution is -0.274. The van der Waals surface area contributed by atoms with E-state index in [1.54, 1.807) is 0 Å². The molecule has 1 saturated heterocycles. The number of carbonyl (C=O) groups is 1. The predicted octanol–water partition coefficient (Wildman–Crippen LogP) is 3.20. The third-order valence-corrected chi connectivity index (χ3v) is 3.67. The molecule has 21 heavy (non-hydrogen) atoms. The van der Waals surface area contributed by atoms with Crippen molar-refractivity contribution in [2.75, 3.05) is 6.54 Å². The number of aliphatic carboxylic acids is 1. The summed E-state index contributed by atoms with van der Waals surface area (Å²) < 4.78 is 40.1. The fourth-order valence-corrected chi connectivity index (χ4v) is 2.66. The number of carboxylic acids is 1. The molecular formula is C14H16F3NO3. The molecule has 0 spiro atoms. The maximum Gasteiger partial charge on any atom is 0.573 e. The van der Waals surface area contributed by atoms with Crippen LogP contribution in [-0.2, 0) is 4.79 Å². The Morgan fingerprint density at radius 1 is 1.38 bits per heavy atom. The molecule has 1 heterocycles. The molecule has 1 aromatic rings. The van der Waals surface area contributed by atoms with Crippen LogP contribution in [0.1, 0.15) is 31.4 Å². The van der Waals surface area contributed by atoms with Crippen LogP contribution < -0.4 is 4.74 Å². The molecule has 0 amide bonds. The van der Waals surface area contributed by atoms with Crippen LogP contribution in [0.4, 0.5) is 13.2 Å². The van der Waals surface area contributed by atoms with Gasteiger partial charge in [0.25, 0.3) is 0 Å². The molecule has 1 aromatic carbocycles. The first kappa shape index (κ1) is 15.6. The average Bonchev–Trinajstić information content (AvgIpc) is 2.86. The third-order valence-electron chi connectivity index (χ3n) is 3.67. The molecule has 7 heteroatoms. The van der Waals surface area contributed by atoms with Gasteiger partial charge in [0.05, 0.1) is 0 Å². The van der Waals surface area contributed by atoms with E-state index in [0.29, 0.717) is 13.0 Å². The van der Waals surface area contributed by atoms with Crippen molar-refractivity contribution in [3.05, 3.63) is 29.8 Å². The second-order valence-electron chi connectivity index (χ2n) is 5.03. The minimum Gasteiger partial charge on any atom is -0.480 e. The zero-order chi connectivity index (χ0) is 15.6. The minimum absolute atomic E-state index is 0.173. The van der Waals surface area contributed by atoms with Gasteiger partial charge in [0.1, 0.15) is 11.8 Å². The number of benzene rings is 1. The zero-order valence-electron chi connectivity index (χ0n) is 11.4. The number of likely N-dealkylation sites (tertiary alicyclic amines) is 1. The van der Waals surface area contributed by atoms with E-state index >= 15 is 0 Å². The summed E-state index contributed by atoms with van der Waals surface area (Å²) in [4.78, 5) is 13.0. The van der Waals surface area contributed by atoms with E-state index in [1.165, 1.54) is 24.3 Å². The van der Waals surface area contributed by atoms with Crippen molar-refractivity contribution < 1.29 is 27.8 Å². The second-order valence-corrected chi connectivity index (χ2v) is 5.03. The Labute approximate surface area is 120 Å². The number of hydrogen-bond donors (Lipinski definition) is 1. The predicted molar refractivity (Wildman–Crippen MR) is 68.9 cm³/mol. The molecule has 0 saturated carbocycles. The topological polar surface area (TPSA) is 49.8 Å². The molecule has 1 N–H and O–H groups in total. The molecule has 4 nitrogen and oxygen atoms in total. The van der Waals surface area contributed by atoms with Gasteiger partial charge in [-0.15, -0.1) is 13.2 Å². The lowest BCUT2D eigenvalue weighted by atomic mass is 10.1. The number of hydrogen-bond acceptors (Lipinski definition) is 3. The van der Waals surface area contributed by atoms with Gasteiger partial charge in [-0.1, -0.05) is 12.1 Å². The summed E-state index contributed by atoms with van der Waals surface area (Å²) in [5.74, 6) is -1.15. The van der Waals surface area contributed by atoms with Gasteiger partial charge >= 0.3 is 12.3 Å². The standard InChI is InChI=1S/C14H16F3NO3/c1-9(18-8-2-3-12(18)13(19)20)10-4-6-11(7-5-10)21-14(15,16)17/h4-7,9,12H,2-3,8H2,1H3,(H,19,20). The number of nitrogens with zero attached hydrogens (tertiary/aromatic N) is 1. The van der Waals surface area contributed by atoms with E-state index in [9.17, 15) is 18.0 Å². The van der Waals surface area contributed by atoms with Gasteiger partial charge in [0, 0.05) is 6.04 Å². The van der Waals surface area contributed by atoms with Gasteiger partial charge < -0.3 is 9.84 Å². The van der Waals surface area contributed by atoms with Gasteiger partial charge in [-0.05, 0) is 44.0 Å². The SMILES string of the molecule is CC(c1ccc(OC(F)(F)F)cc1)N1CCCC1C(=O)O.